The van der Waals surface area contributed by atoms with Crippen molar-refractivity contribution in [3.63, 3.8) is 0 Å². The molecule has 0 saturated carbocycles. The summed E-state index contributed by atoms with van der Waals surface area (Å²) in [5.41, 5.74) is 2.93. The zero-order chi connectivity index (χ0) is 17.6. The van der Waals surface area contributed by atoms with Gasteiger partial charge in [-0.15, -0.1) is 0 Å². The topological polar surface area (TPSA) is 80.9 Å². The van der Waals surface area contributed by atoms with Crippen molar-refractivity contribution in [2.75, 3.05) is 20.3 Å². The van der Waals surface area contributed by atoms with E-state index in [0.717, 1.165) is 22.2 Å². The van der Waals surface area contributed by atoms with Crippen molar-refractivity contribution >= 4 is 22.8 Å². The van der Waals surface area contributed by atoms with Gasteiger partial charge in [-0.25, -0.2) is 0 Å². The van der Waals surface area contributed by atoms with Crippen LogP contribution < -0.4 is 0 Å². The fourth-order valence-electron chi connectivity index (χ4n) is 3.88. The van der Waals surface area contributed by atoms with E-state index in [2.05, 4.69) is 4.98 Å². The number of para-hydroxylation sites is 1. The van der Waals surface area contributed by atoms with Crippen LogP contribution in [-0.4, -0.2) is 48.4 Å². The molecule has 1 N–H and O–H groups in total. The Morgan fingerprint density at radius 1 is 1.32 bits per heavy atom. The molecule has 0 spiro atoms. The summed E-state index contributed by atoms with van der Waals surface area (Å²) in [5, 5.41) is 2.67. The van der Waals surface area contributed by atoms with E-state index < -0.39 is 18.0 Å². The summed E-state index contributed by atoms with van der Waals surface area (Å²) >= 11 is 0. The monoisotopic (exact) mass is 344 g/mol. The van der Waals surface area contributed by atoms with Crippen molar-refractivity contribution in [2.24, 2.45) is 5.92 Å². The maximum Gasteiger partial charge on any atom is 0.326 e. The molecule has 7 heteroatoms. The van der Waals surface area contributed by atoms with E-state index in [1.807, 2.05) is 24.3 Å². The van der Waals surface area contributed by atoms with Crippen LogP contribution in [0.1, 0.15) is 24.2 Å². The van der Waals surface area contributed by atoms with Gasteiger partial charge in [0, 0.05) is 23.0 Å². The number of H-pyrrole nitrogens is 1. The molecule has 1 aromatic carbocycles. The molecule has 2 aliphatic rings. The minimum atomic E-state index is -0.577. The predicted molar refractivity (Wildman–Crippen MR) is 88.5 cm³/mol. The first-order valence-electron chi connectivity index (χ1n) is 8.40. The number of nitrogens with one attached hydrogen (secondary N) is 1. The van der Waals surface area contributed by atoms with Crippen molar-refractivity contribution in [3.05, 3.63) is 35.5 Å². The van der Waals surface area contributed by atoms with Crippen LogP contribution in [-0.2, 0) is 30.3 Å². The van der Waals surface area contributed by atoms with Gasteiger partial charge in [0.15, 0.2) is 0 Å². The largest absolute Gasteiger partial charge is 0.469 e. The van der Waals surface area contributed by atoms with Gasteiger partial charge in [0.2, 0.25) is 0 Å². The van der Waals surface area contributed by atoms with Crippen LogP contribution in [0.2, 0.25) is 0 Å². The maximum atomic E-state index is 12.5. The van der Waals surface area contributed by atoms with Crippen molar-refractivity contribution in [2.45, 2.75) is 25.4 Å². The van der Waals surface area contributed by atoms with Crippen LogP contribution in [0.3, 0.4) is 0 Å². The average Bonchev–Trinajstić information content (AvgIpc) is 3.22. The van der Waals surface area contributed by atoms with Crippen LogP contribution in [0.25, 0.3) is 10.9 Å². The van der Waals surface area contributed by atoms with Gasteiger partial charge in [-0.2, -0.15) is 5.06 Å². The molecule has 132 valence electrons. The second-order valence-corrected chi connectivity index (χ2v) is 6.26. The van der Waals surface area contributed by atoms with Gasteiger partial charge in [-0.3, -0.25) is 14.4 Å². The highest BCUT2D eigenvalue weighted by Gasteiger charge is 2.51. The second-order valence-electron chi connectivity index (χ2n) is 6.26. The van der Waals surface area contributed by atoms with Crippen LogP contribution in [0, 0.1) is 5.92 Å². The second kappa shape index (κ2) is 6.16. The number of esters is 2. The lowest BCUT2D eigenvalue weighted by atomic mass is 9.88. The SMILES string of the molecule is CCOC(=O)[C@@H]1Cc2c([nH]c3ccccc23)[C@H]2[C@@H](C(=O)OC)CON12. The molecule has 2 aliphatic heterocycles. The summed E-state index contributed by atoms with van der Waals surface area (Å²) in [6.07, 6.45) is 0.475. The predicted octanol–water partition coefficient (Wildman–Crippen LogP) is 1.73. The number of fused-ring (bicyclic) bond motifs is 5. The molecule has 0 radical (unpaired) electrons. The smallest absolute Gasteiger partial charge is 0.326 e. The lowest BCUT2D eigenvalue weighted by molar-refractivity contribution is -0.192. The number of aromatic nitrogens is 1. The van der Waals surface area contributed by atoms with Gasteiger partial charge in [-0.1, -0.05) is 18.2 Å². The van der Waals surface area contributed by atoms with Gasteiger partial charge >= 0.3 is 11.9 Å². The minimum Gasteiger partial charge on any atom is -0.469 e. The number of methoxy groups -OCH3 is 1. The van der Waals surface area contributed by atoms with Crippen LogP contribution in [0.4, 0.5) is 0 Å². The molecule has 3 atom stereocenters. The van der Waals surface area contributed by atoms with Gasteiger partial charge in [0.05, 0.1) is 26.4 Å². The summed E-state index contributed by atoms with van der Waals surface area (Å²) in [6.45, 7) is 2.26. The van der Waals surface area contributed by atoms with Crippen LogP contribution in [0.15, 0.2) is 24.3 Å². The summed E-state index contributed by atoms with van der Waals surface area (Å²) in [5.74, 6) is -1.18. The highest BCUT2D eigenvalue weighted by Crippen LogP contribution is 2.45. The quantitative estimate of drug-likeness (QED) is 0.854. The number of carbonyl (C=O) groups excluding carboxylic acids is 2. The number of benzene rings is 1. The average molecular weight is 344 g/mol. The van der Waals surface area contributed by atoms with Crippen LogP contribution >= 0.6 is 0 Å². The van der Waals surface area contributed by atoms with E-state index in [-0.39, 0.29) is 18.5 Å². The number of nitrogens with zero attached hydrogens (tertiary/aromatic N) is 1. The zero-order valence-corrected chi connectivity index (χ0v) is 14.2. The van der Waals surface area contributed by atoms with Gasteiger partial charge in [0.25, 0.3) is 0 Å². The molecular weight excluding hydrogens is 324 g/mol. The number of hydrogen-bond acceptors (Lipinski definition) is 6. The molecule has 25 heavy (non-hydrogen) atoms. The number of rotatable bonds is 3. The van der Waals surface area contributed by atoms with E-state index in [1.165, 1.54) is 7.11 Å². The molecular formula is C18H20N2O5. The zero-order valence-electron chi connectivity index (χ0n) is 14.2. The number of ether oxygens (including phenoxy) is 2. The highest BCUT2D eigenvalue weighted by molar-refractivity contribution is 5.87. The lowest BCUT2D eigenvalue weighted by Gasteiger charge is -2.35. The summed E-state index contributed by atoms with van der Waals surface area (Å²) in [4.78, 5) is 33.9. The number of carbonyl (C=O) groups is 2. The third kappa shape index (κ3) is 2.42. The molecule has 0 unspecified atom stereocenters. The summed E-state index contributed by atoms with van der Waals surface area (Å²) < 4.78 is 10.2. The van der Waals surface area contributed by atoms with Crippen molar-refractivity contribution in [1.29, 1.82) is 0 Å². The molecule has 0 aliphatic carbocycles. The van der Waals surface area contributed by atoms with E-state index in [0.29, 0.717) is 13.0 Å². The Kier molecular flexibility index (Phi) is 3.97. The number of aromatic amines is 1. The number of hydroxylamine groups is 2. The fourth-order valence-corrected chi connectivity index (χ4v) is 3.88. The molecule has 0 amide bonds. The minimum absolute atomic E-state index is 0.183. The number of hydrogen-bond donors (Lipinski definition) is 1. The molecule has 4 rings (SSSR count). The Labute approximate surface area is 144 Å². The molecule has 1 saturated heterocycles. The Hall–Kier alpha value is -2.38. The van der Waals surface area contributed by atoms with E-state index in [4.69, 9.17) is 14.3 Å². The van der Waals surface area contributed by atoms with E-state index in [1.54, 1.807) is 12.0 Å². The van der Waals surface area contributed by atoms with Crippen molar-refractivity contribution < 1.29 is 23.9 Å². The lowest BCUT2D eigenvalue weighted by Crippen LogP contribution is -2.47. The first-order valence-corrected chi connectivity index (χ1v) is 8.40. The Bertz CT molecular complexity index is 830. The fraction of sp³-hybridized carbons (Fsp3) is 0.444. The van der Waals surface area contributed by atoms with Crippen molar-refractivity contribution in [1.82, 2.24) is 10.0 Å². The third-order valence-corrected chi connectivity index (χ3v) is 4.97. The molecule has 1 fully saturated rings. The van der Waals surface area contributed by atoms with Gasteiger partial charge in [0.1, 0.15) is 12.0 Å². The third-order valence-electron chi connectivity index (χ3n) is 4.97. The Morgan fingerprint density at radius 3 is 2.88 bits per heavy atom. The highest BCUT2D eigenvalue weighted by atomic mass is 16.7. The molecule has 2 aromatic rings. The maximum absolute atomic E-state index is 12.5. The molecule has 3 heterocycles. The molecule has 7 nitrogen and oxygen atoms in total. The molecule has 0 bridgehead atoms. The first-order chi connectivity index (χ1) is 12.2. The Balaban J connectivity index is 1.84. The summed E-state index contributed by atoms with van der Waals surface area (Å²) in [6, 6.07) is 6.95. The molecule has 1 aromatic heterocycles. The Morgan fingerprint density at radius 2 is 2.12 bits per heavy atom. The van der Waals surface area contributed by atoms with E-state index >= 15 is 0 Å². The summed E-state index contributed by atoms with van der Waals surface area (Å²) in [7, 11) is 1.36. The van der Waals surface area contributed by atoms with Gasteiger partial charge in [-0.05, 0) is 18.6 Å². The van der Waals surface area contributed by atoms with E-state index in [9.17, 15) is 9.59 Å². The normalized spacial score (nSPS) is 25.4. The first kappa shape index (κ1) is 16.1. The van der Waals surface area contributed by atoms with Crippen LogP contribution in [0.5, 0.6) is 0 Å². The van der Waals surface area contributed by atoms with Gasteiger partial charge < -0.3 is 14.5 Å². The van der Waals surface area contributed by atoms with Crippen molar-refractivity contribution in [3.8, 4) is 0 Å². The standard InChI is InChI=1S/C18H20N2O5/c1-3-24-18(22)14-8-11-10-6-4-5-7-13(10)19-15(11)16-12(17(21)23-2)9-25-20(14)16/h4-7,12,14,16,19H,3,8-9H2,1-2H3/t12-,14-,16+/m0/s1.